The highest BCUT2D eigenvalue weighted by Crippen LogP contribution is 2.40. The van der Waals surface area contributed by atoms with Crippen LogP contribution in [0.1, 0.15) is 48.2 Å². The van der Waals surface area contributed by atoms with Gasteiger partial charge in [0, 0.05) is 57.7 Å². The summed E-state index contributed by atoms with van der Waals surface area (Å²) in [5, 5.41) is 20.1. The predicted octanol–water partition coefficient (Wildman–Crippen LogP) is 1.80. The second kappa shape index (κ2) is 12.7. The number of pyridine rings is 1. The van der Waals surface area contributed by atoms with Gasteiger partial charge in [-0.2, -0.15) is 10.5 Å². The van der Waals surface area contributed by atoms with E-state index in [1.807, 2.05) is 0 Å². The Labute approximate surface area is 263 Å². The first-order valence-corrected chi connectivity index (χ1v) is 15.5. The maximum Gasteiger partial charge on any atom is 0.246 e. The van der Waals surface area contributed by atoms with Crippen LogP contribution in [0.2, 0.25) is 0 Å². The van der Waals surface area contributed by atoms with E-state index in [-0.39, 0.29) is 30.3 Å². The summed E-state index contributed by atoms with van der Waals surface area (Å²) >= 11 is 0. The largest absolute Gasteiger partial charge is 0.475 e. The van der Waals surface area contributed by atoms with Crippen LogP contribution in [-0.4, -0.2) is 102 Å². The Morgan fingerprint density at radius 2 is 1.91 bits per heavy atom. The summed E-state index contributed by atoms with van der Waals surface area (Å²) in [6.07, 6.45) is 6.70. The molecule has 13 heteroatoms. The van der Waals surface area contributed by atoms with E-state index in [1.165, 1.54) is 6.08 Å². The molecule has 234 valence electrons. The van der Waals surface area contributed by atoms with Crippen LogP contribution in [0.25, 0.3) is 0 Å². The molecule has 2 saturated heterocycles. The van der Waals surface area contributed by atoms with Gasteiger partial charge in [-0.3, -0.25) is 9.59 Å². The highest BCUT2D eigenvalue weighted by atomic mass is 16.5. The van der Waals surface area contributed by atoms with E-state index in [0.717, 1.165) is 47.7 Å². The number of carbonyl (C=O) groups excluding carboxylic acids is 2. The van der Waals surface area contributed by atoms with E-state index in [9.17, 15) is 20.1 Å². The normalized spacial score (nSPS) is 21.6. The number of piperazine rings is 1. The molecule has 4 aliphatic heterocycles. The number of likely N-dealkylation sites (tertiary alicyclic amines) is 1. The van der Waals surface area contributed by atoms with E-state index < -0.39 is 0 Å². The van der Waals surface area contributed by atoms with Crippen molar-refractivity contribution in [3.05, 3.63) is 41.5 Å². The lowest BCUT2D eigenvalue weighted by atomic mass is 9.96. The second-order valence-corrected chi connectivity index (χ2v) is 12.1. The maximum absolute atomic E-state index is 12.6. The molecule has 6 heterocycles. The summed E-state index contributed by atoms with van der Waals surface area (Å²) in [7, 11) is 3.85. The summed E-state index contributed by atoms with van der Waals surface area (Å²) in [6, 6.07) is 4.52. The minimum atomic E-state index is -0.346. The quantitative estimate of drug-likeness (QED) is 0.423. The Bertz CT molecular complexity index is 1600. The van der Waals surface area contributed by atoms with Gasteiger partial charge in [0.15, 0.2) is 5.82 Å². The summed E-state index contributed by atoms with van der Waals surface area (Å²) in [6.45, 7) is 7.37. The molecule has 45 heavy (non-hydrogen) atoms. The number of amides is 2. The van der Waals surface area contributed by atoms with Crippen molar-refractivity contribution in [1.82, 2.24) is 24.8 Å². The van der Waals surface area contributed by atoms with E-state index in [4.69, 9.17) is 9.72 Å². The molecule has 0 aromatic carbocycles. The number of aromatic nitrogens is 3. The number of rotatable bonds is 7. The average molecular weight is 611 g/mol. The molecule has 2 fully saturated rings. The first kappa shape index (κ1) is 30.3. The number of nitriles is 2. The molecular weight excluding hydrogens is 572 g/mol. The summed E-state index contributed by atoms with van der Waals surface area (Å²) in [4.78, 5) is 49.1. The van der Waals surface area contributed by atoms with E-state index in [1.54, 1.807) is 23.2 Å². The first-order valence-electron chi connectivity index (χ1n) is 15.5. The van der Waals surface area contributed by atoms with Gasteiger partial charge in [0.25, 0.3) is 0 Å². The fourth-order valence-electron chi connectivity index (χ4n) is 7.06. The van der Waals surface area contributed by atoms with Crippen LogP contribution >= 0.6 is 0 Å². The number of aryl methyl sites for hydroxylation is 1. The van der Waals surface area contributed by atoms with Gasteiger partial charge in [-0.05, 0) is 38.9 Å². The average Bonchev–Trinajstić information content (AvgIpc) is 3.48. The van der Waals surface area contributed by atoms with E-state index >= 15 is 0 Å². The highest BCUT2D eigenvalue weighted by Gasteiger charge is 2.36. The lowest BCUT2D eigenvalue weighted by Gasteiger charge is -2.43. The van der Waals surface area contributed by atoms with Gasteiger partial charge in [-0.25, -0.2) is 15.0 Å². The maximum atomic E-state index is 12.6. The smallest absolute Gasteiger partial charge is 0.246 e. The van der Waals surface area contributed by atoms with Gasteiger partial charge in [0.2, 0.25) is 17.7 Å². The molecule has 13 nitrogen and oxygen atoms in total. The predicted molar refractivity (Wildman–Crippen MR) is 167 cm³/mol. The lowest BCUT2D eigenvalue weighted by Crippen LogP contribution is -2.55. The number of likely N-dealkylation sites (N-methyl/N-ethyl adjacent to an activating group) is 1. The van der Waals surface area contributed by atoms with Crippen molar-refractivity contribution in [2.45, 2.75) is 57.2 Å². The van der Waals surface area contributed by atoms with Crippen LogP contribution in [0, 0.1) is 22.7 Å². The Balaban J connectivity index is 1.39. The van der Waals surface area contributed by atoms with Gasteiger partial charge in [0.1, 0.15) is 30.3 Å². The molecule has 0 saturated carbocycles. The minimum absolute atomic E-state index is 0.0311. The standard InChI is InChI=1S/C32H38N10O3/c1-4-27(43)42-15-14-40(17-21(42)9-11-33)29-23-10-13-41(31-30-25(35-20-36-31)7-8-28(44)39(30)3)18-26(23)37-32(24(29)16-34)45-19-22-6-5-12-38(22)2/h4,20-22H,1,5-10,12-15,17-19H2,2-3H3/t21-,22-/m0/s1. The van der Waals surface area contributed by atoms with Crippen LogP contribution < -0.4 is 19.4 Å². The molecular formula is C32H38N10O3. The number of carbonyl (C=O) groups is 2. The summed E-state index contributed by atoms with van der Waals surface area (Å²) in [5.74, 6) is 0.814. The van der Waals surface area contributed by atoms with Gasteiger partial charge < -0.3 is 29.2 Å². The number of hydrogen-bond acceptors (Lipinski definition) is 11. The summed E-state index contributed by atoms with van der Waals surface area (Å²) in [5.41, 5.74) is 4.47. The molecule has 0 N–H and O–H groups in total. The third kappa shape index (κ3) is 5.64. The van der Waals surface area contributed by atoms with Gasteiger partial charge in [-0.15, -0.1) is 0 Å². The molecule has 6 rings (SSSR count). The topological polar surface area (TPSA) is 146 Å². The van der Waals surface area contributed by atoms with Crippen LogP contribution in [0.4, 0.5) is 17.2 Å². The van der Waals surface area contributed by atoms with Gasteiger partial charge >= 0.3 is 0 Å². The van der Waals surface area contributed by atoms with Crippen molar-refractivity contribution in [3.8, 4) is 18.0 Å². The van der Waals surface area contributed by atoms with Gasteiger partial charge in [-0.1, -0.05) is 6.58 Å². The van der Waals surface area contributed by atoms with Crippen molar-refractivity contribution in [3.63, 3.8) is 0 Å². The molecule has 0 aliphatic carbocycles. The number of hydrogen-bond donors (Lipinski definition) is 0. The number of ether oxygens (including phenoxy) is 1. The van der Waals surface area contributed by atoms with Crippen molar-refractivity contribution >= 4 is 29.0 Å². The monoisotopic (exact) mass is 610 g/mol. The summed E-state index contributed by atoms with van der Waals surface area (Å²) < 4.78 is 6.36. The fraction of sp³-hybridized carbons (Fsp3) is 0.531. The molecule has 2 atom stereocenters. The van der Waals surface area contributed by atoms with Gasteiger partial charge in [0.05, 0.1) is 42.2 Å². The zero-order valence-corrected chi connectivity index (χ0v) is 25.9. The lowest BCUT2D eigenvalue weighted by molar-refractivity contribution is -0.128. The molecule has 4 aliphatic rings. The number of fused-ring (bicyclic) bond motifs is 2. The molecule has 2 amide bonds. The van der Waals surface area contributed by atoms with Crippen LogP contribution in [0.3, 0.4) is 0 Å². The number of nitrogens with zero attached hydrogens (tertiary/aromatic N) is 10. The van der Waals surface area contributed by atoms with Crippen LogP contribution in [0.15, 0.2) is 19.0 Å². The van der Waals surface area contributed by atoms with Crippen molar-refractivity contribution < 1.29 is 14.3 Å². The SMILES string of the molecule is C=CC(=O)N1CCN(c2c(C#N)c(OC[C@@H]3CCCN3C)nc3c2CCN(c2ncnc4c2N(C)C(=O)CC4)C3)C[C@@H]1CC#N. The zero-order valence-electron chi connectivity index (χ0n) is 25.9. The molecule has 0 radical (unpaired) electrons. The van der Waals surface area contributed by atoms with Crippen LogP contribution in [-0.2, 0) is 29.0 Å². The van der Waals surface area contributed by atoms with E-state index in [0.29, 0.717) is 75.9 Å². The third-order valence-corrected chi connectivity index (χ3v) is 9.54. The molecule has 0 unspecified atom stereocenters. The number of anilines is 3. The molecule has 0 spiro atoms. The molecule has 2 aromatic rings. The minimum Gasteiger partial charge on any atom is -0.475 e. The van der Waals surface area contributed by atoms with E-state index in [2.05, 4.69) is 50.4 Å². The zero-order chi connectivity index (χ0) is 31.7. The Hall–Kier alpha value is -4.75. The van der Waals surface area contributed by atoms with Crippen molar-refractivity contribution in [2.24, 2.45) is 0 Å². The molecule has 0 bridgehead atoms. The van der Waals surface area contributed by atoms with Crippen molar-refractivity contribution in [1.29, 1.82) is 10.5 Å². The highest BCUT2D eigenvalue weighted by molar-refractivity contribution is 5.98. The molecule has 2 aromatic heterocycles. The third-order valence-electron chi connectivity index (χ3n) is 9.54. The fourth-order valence-corrected chi connectivity index (χ4v) is 7.06. The second-order valence-electron chi connectivity index (χ2n) is 12.1. The first-order chi connectivity index (χ1) is 21.8. The van der Waals surface area contributed by atoms with Crippen LogP contribution in [0.5, 0.6) is 5.88 Å². The Kier molecular flexibility index (Phi) is 8.55. The Morgan fingerprint density at radius 3 is 2.64 bits per heavy atom. The Morgan fingerprint density at radius 1 is 1.07 bits per heavy atom. The van der Waals surface area contributed by atoms with Crippen molar-refractivity contribution in [2.75, 3.05) is 68.1 Å².